The van der Waals surface area contributed by atoms with Crippen LogP contribution in [0.25, 0.3) is 0 Å². The van der Waals surface area contributed by atoms with Crippen molar-refractivity contribution < 1.29 is 9.21 Å². The standard InChI is InChI=1S/C16H16BrNO2/c1-10-2-4-11(5-3-10)15(12-6-7-12)18-16(19)13-8-9-14(17)20-13/h2-5,8-9,12,15H,6-7H2,1H3,(H,18,19). The van der Waals surface area contributed by atoms with Crippen LogP contribution in [0, 0.1) is 12.8 Å². The van der Waals surface area contributed by atoms with Crippen LogP contribution in [0.2, 0.25) is 0 Å². The van der Waals surface area contributed by atoms with Gasteiger partial charge in [0.05, 0.1) is 6.04 Å². The highest BCUT2D eigenvalue weighted by molar-refractivity contribution is 9.10. The van der Waals surface area contributed by atoms with E-state index in [1.165, 1.54) is 18.4 Å². The third-order valence-electron chi connectivity index (χ3n) is 3.61. The van der Waals surface area contributed by atoms with E-state index in [0.29, 0.717) is 16.3 Å². The lowest BCUT2D eigenvalue weighted by molar-refractivity contribution is 0.0902. The average molecular weight is 334 g/mol. The molecule has 1 aliphatic rings. The van der Waals surface area contributed by atoms with Crippen molar-refractivity contribution in [3.8, 4) is 0 Å². The summed E-state index contributed by atoms with van der Waals surface area (Å²) >= 11 is 3.21. The molecule has 1 amide bonds. The summed E-state index contributed by atoms with van der Waals surface area (Å²) in [7, 11) is 0. The Morgan fingerprint density at radius 2 is 1.95 bits per heavy atom. The van der Waals surface area contributed by atoms with Gasteiger partial charge in [-0.1, -0.05) is 29.8 Å². The fourth-order valence-electron chi connectivity index (χ4n) is 2.33. The first-order chi connectivity index (χ1) is 9.63. The molecule has 1 aliphatic carbocycles. The molecule has 0 bridgehead atoms. The van der Waals surface area contributed by atoms with Crippen LogP contribution in [0.1, 0.15) is 40.6 Å². The molecule has 1 N–H and O–H groups in total. The van der Waals surface area contributed by atoms with Gasteiger partial charge in [0.15, 0.2) is 10.4 Å². The highest BCUT2D eigenvalue weighted by Gasteiger charge is 2.33. The highest BCUT2D eigenvalue weighted by Crippen LogP contribution is 2.41. The van der Waals surface area contributed by atoms with Gasteiger partial charge in [-0.3, -0.25) is 4.79 Å². The number of amides is 1. The van der Waals surface area contributed by atoms with E-state index in [-0.39, 0.29) is 11.9 Å². The summed E-state index contributed by atoms with van der Waals surface area (Å²) in [5.41, 5.74) is 2.39. The van der Waals surface area contributed by atoms with Gasteiger partial charge in [-0.05, 0) is 59.3 Å². The number of carbonyl (C=O) groups excluding carboxylic acids is 1. The van der Waals surface area contributed by atoms with Gasteiger partial charge in [0, 0.05) is 0 Å². The highest BCUT2D eigenvalue weighted by atomic mass is 79.9. The van der Waals surface area contributed by atoms with E-state index < -0.39 is 0 Å². The summed E-state index contributed by atoms with van der Waals surface area (Å²) in [5.74, 6) is 0.725. The Hall–Kier alpha value is -1.55. The Kier molecular flexibility index (Phi) is 3.66. The molecule has 1 aromatic carbocycles. The first-order valence-electron chi connectivity index (χ1n) is 6.76. The van der Waals surface area contributed by atoms with E-state index >= 15 is 0 Å². The largest absolute Gasteiger partial charge is 0.444 e. The molecule has 0 aliphatic heterocycles. The molecule has 104 valence electrons. The zero-order valence-electron chi connectivity index (χ0n) is 11.2. The Labute approximate surface area is 126 Å². The van der Waals surface area contributed by atoms with Gasteiger partial charge in [0.25, 0.3) is 5.91 Å². The Bertz CT molecular complexity index is 614. The van der Waals surface area contributed by atoms with Gasteiger partial charge in [-0.25, -0.2) is 0 Å². The van der Waals surface area contributed by atoms with Crippen molar-refractivity contribution in [3.63, 3.8) is 0 Å². The Morgan fingerprint density at radius 3 is 2.50 bits per heavy atom. The zero-order chi connectivity index (χ0) is 14.1. The van der Waals surface area contributed by atoms with E-state index in [1.807, 2.05) is 0 Å². The molecule has 20 heavy (non-hydrogen) atoms. The summed E-state index contributed by atoms with van der Waals surface area (Å²) in [6.07, 6.45) is 2.33. The molecule has 3 rings (SSSR count). The maximum atomic E-state index is 12.2. The molecule has 4 heteroatoms. The van der Waals surface area contributed by atoms with Crippen LogP contribution in [0.15, 0.2) is 45.5 Å². The molecule has 1 atom stereocenters. The van der Waals surface area contributed by atoms with Crippen molar-refractivity contribution in [2.75, 3.05) is 0 Å². The molecule has 3 nitrogen and oxygen atoms in total. The molecule has 1 heterocycles. The van der Waals surface area contributed by atoms with Crippen molar-refractivity contribution in [3.05, 3.63) is 58.0 Å². The number of nitrogens with one attached hydrogen (secondary N) is 1. The van der Waals surface area contributed by atoms with Gasteiger partial charge in [-0.15, -0.1) is 0 Å². The fraction of sp³-hybridized carbons (Fsp3) is 0.312. The minimum atomic E-state index is -0.159. The summed E-state index contributed by atoms with van der Waals surface area (Å²) in [4.78, 5) is 12.2. The number of hydrogen-bond acceptors (Lipinski definition) is 2. The normalized spacial score (nSPS) is 15.9. The van der Waals surface area contributed by atoms with E-state index in [9.17, 15) is 4.79 Å². The summed E-state index contributed by atoms with van der Waals surface area (Å²) in [6.45, 7) is 2.06. The number of hydrogen-bond donors (Lipinski definition) is 1. The van der Waals surface area contributed by atoms with Gasteiger partial charge >= 0.3 is 0 Å². The van der Waals surface area contributed by atoms with Crippen molar-refractivity contribution in [1.82, 2.24) is 5.32 Å². The Morgan fingerprint density at radius 1 is 1.25 bits per heavy atom. The summed E-state index contributed by atoms with van der Waals surface area (Å²) in [5, 5.41) is 3.09. The van der Waals surface area contributed by atoms with Crippen LogP contribution in [0.3, 0.4) is 0 Å². The van der Waals surface area contributed by atoms with Crippen LogP contribution in [-0.4, -0.2) is 5.91 Å². The zero-order valence-corrected chi connectivity index (χ0v) is 12.8. The second-order valence-corrected chi connectivity index (χ2v) is 6.08. The third kappa shape index (κ3) is 2.96. The third-order valence-corrected chi connectivity index (χ3v) is 4.04. The van der Waals surface area contributed by atoms with Gasteiger partial charge in [0.1, 0.15) is 0 Å². The maximum absolute atomic E-state index is 12.2. The van der Waals surface area contributed by atoms with Crippen molar-refractivity contribution in [1.29, 1.82) is 0 Å². The summed E-state index contributed by atoms with van der Waals surface area (Å²) in [6, 6.07) is 11.8. The quantitative estimate of drug-likeness (QED) is 0.909. The lowest BCUT2D eigenvalue weighted by Gasteiger charge is -2.18. The first kappa shape index (κ1) is 13.4. The van der Waals surface area contributed by atoms with E-state index in [1.54, 1.807) is 12.1 Å². The SMILES string of the molecule is Cc1ccc(C(NC(=O)c2ccc(Br)o2)C2CC2)cc1. The predicted octanol–water partition coefficient (Wildman–Crippen LogP) is 4.23. The van der Waals surface area contributed by atoms with Crippen LogP contribution in [-0.2, 0) is 0 Å². The van der Waals surface area contributed by atoms with E-state index in [0.717, 1.165) is 5.56 Å². The van der Waals surface area contributed by atoms with Crippen LogP contribution in [0.5, 0.6) is 0 Å². The van der Waals surface area contributed by atoms with E-state index in [2.05, 4.69) is 52.4 Å². The number of benzene rings is 1. The first-order valence-corrected chi connectivity index (χ1v) is 7.55. The van der Waals surface area contributed by atoms with E-state index in [4.69, 9.17) is 4.42 Å². The molecule has 0 saturated heterocycles. The summed E-state index contributed by atoms with van der Waals surface area (Å²) < 4.78 is 5.88. The second-order valence-electron chi connectivity index (χ2n) is 5.30. The number of rotatable bonds is 4. The molecule has 1 saturated carbocycles. The lowest BCUT2D eigenvalue weighted by atomic mass is 10.0. The number of aryl methyl sites for hydroxylation is 1. The second kappa shape index (κ2) is 5.44. The van der Waals surface area contributed by atoms with Crippen LogP contribution >= 0.6 is 15.9 Å². The topological polar surface area (TPSA) is 42.2 Å². The van der Waals surface area contributed by atoms with Crippen LogP contribution in [0.4, 0.5) is 0 Å². The Balaban J connectivity index is 1.78. The molecular weight excluding hydrogens is 318 g/mol. The molecule has 1 aromatic heterocycles. The smallest absolute Gasteiger partial charge is 0.287 e. The minimum absolute atomic E-state index is 0.0759. The molecular formula is C16H16BrNO2. The van der Waals surface area contributed by atoms with Crippen molar-refractivity contribution in [2.24, 2.45) is 5.92 Å². The predicted molar refractivity (Wildman–Crippen MR) is 80.5 cm³/mol. The molecule has 0 radical (unpaired) electrons. The van der Waals surface area contributed by atoms with Gasteiger partial charge < -0.3 is 9.73 Å². The van der Waals surface area contributed by atoms with Gasteiger partial charge in [-0.2, -0.15) is 0 Å². The number of halogens is 1. The molecule has 1 unspecified atom stereocenters. The average Bonchev–Trinajstić information content (AvgIpc) is 3.18. The molecule has 1 fully saturated rings. The minimum Gasteiger partial charge on any atom is -0.444 e. The molecule has 0 spiro atoms. The van der Waals surface area contributed by atoms with Gasteiger partial charge in [0.2, 0.25) is 0 Å². The van der Waals surface area contributed by atoms with Crippen LogP contribution < -0.4 is 5.32 Å². The fourth-order valence-corrected chi connectivity index (χ4v) is 2.63. The lowest BCUT2D eigenvalue weighted by Crippen LogP contribution is -2.29. The molecule has 2 aromatic rings. The van der Waals surface area contributed by atoms with Crippen molar-refractivity contribution >= 4 is 21.8 Å². The number of carbonyl (C=O) groups is 1. The monoisotopic (exact) mass is 333 g/mol. The van der Waals surface area contributed by atoms with Crippen molar-refractivity contribution in [2.45, 2.75) is 25.8 Å². The maximum Gasteiger partial charge on any atom is 0.287 e. The number of furan rings is 1.